The van der Waals surface area contributed by atoms with Crippen molar-refractivity contribution in [1.29, 1.82) is 0 Å². The summed E-state index contributed by atoms with van der Waals surface area (Å²) >= 11 is 0. The predicted octanol–water partition coefficient (Wildman–Crippen LogP) is 3.52. The van der Waals surface area contributed by atoms with Gasteiger partial charge in [0.2, 0.25) is 0 Å². The molecule has 1 saturated heterocycles. The van der Waals surface area contributed by atoms with Crippen LogP contribution in [0, 0.1) is 17.6 Å². The molecule has 2 N–H and O–H groups in total. The number of nitrogens with two attached hydrogens (primary N) is 1. The summed E-state index contributed by atoms with van der Waals surface area (Å²) < 4.78 is 35.9. The fourth-order valence-corrected chi connectivity index (χ4v) is 5.24. The Morgan fingerprint density at radius 3 is 2.79 bits per heavy atom. The number of halogens is 2. The summed E-state index contributed by atoms with van der Waals surface area (Å²) in [6.45, 7) is 3.18. The van der Waals surface area contributed by atoms with E-state index in [2.05, 4.69) is 14.7 Å². The third kappa shape index (κ3) is 3.71. The van der Waals surface area contributed by atoms with Crippen LogP contribution in [-0.2, 0) is 24.4 Å². The second-order valence-electron chi connectivity index (χ2n) is 8.83. The fourth-order valence-electron chi connectivity index (χ4n) is 5.24. The smallest absolute Gasteiger partial charge is 0.129 e. The molecule has 29 heavy (non-hydrogen) atoms. The second kappa shape index (κ2) is 7.78. The van der Waals surface area contributed by atoms with Gasteiger partial charge in [-0.05, 0) is 43.4 Å². The molecule has 1 unspecified atom stereocenters. The van der Waals surface area contributed by atoms with E-state index in [1.165, 1.54) is 43.0 Å². The van der Waals surface area contributed by atoms with Crippen molar-refractivity contribution in [2.75, 3.05) is 6.61 Å². The third-order valence-electron chi connectivity index (χ3n) is 6.85. The first-order valence-electron chi connectivity index (χ1n) is 10.7. The lowest BCUT2D eigenvalue weighted by molar-refractivity contribution is -0.0534. The third-order valence-corrected chi connectivity index (χ3v) is 6.85. The van der Waals surface area contributed by atoms with Gasteiger partial charge in [-0.25, -0.2) is 8.78 Å². The molecule has 2 fully saturated rings. The Labute approximate surface area is 169 Å². The lowest BCUT2D eigenvalue weighted by atomic mass is 9.93. The number of benzene rings is 1. The molecule has 7 heteroatoms. The molecule has 1 aromatic heterocycles. The van der Waals surface area contributed by atoms with Gasteiger partial charge in [-0.3, -0.25) is 9.58 Å². The van der Waals surface area contributed by atoms with Gasteiger partial charge in [0.25, 0.3) is 0 Å². The molecule has 0 amide bonds. The first-order valence-corrected chi connectivity index (χ1v) is 10.7. The van der Waals surface area contributed by atoms with Gasteiger partial charge in [-0.1, -0.05) is 12.8 Å². The number of nitrogens with zero attached hydrogens (tertiary/aromatic N) is 3. The second-order valence-corrected chi connectivity index (χ2v) is 8.83. The Morgan fingerprint density at radius 1 is 1.17 bits per heavy atom. The maximum Gasteiger partial charge on any atom is 0.129 e. The van der Waals surface area contributed by atoms with E-state index in [4.69, 9.17) is 10.5 Å². The van der Waals surface area contributed by atoms with Gasteiger partial charge in [0.05, 0.1) is 18.5 Å². The summed E-state index contributed by atoms with van der Waals surface area (Å²) in [5.41, 5.74) is 9.16. The van der Waals surface area contributed by atoms with Crippen LogP contribution in [0.3, 0.4) is 0 Å². The molecule has 2 aromatic rings. The predicted molar refractivity (Wildman–Crippen MR) is 105 cm³/mol. The minimum atomic E-state index is -0.607. The van der Waals surface area contributed by atoms with Crippen LogP contribution in [0.1, 0.15) is 55.0 Å². The van der Waals surface area contributed by atoms with Crippen LogP contribution >= 0.6 is 0 Å². The van der Waals surface area contributed by atoms with Crippen molar-refractivity contribution in [1.82, 2.24) is 14.7 Å². The standard InChI is InChI=1S/C22H28F2N4O/c23-16-5-6-19(24)18(7-16)22-20(25)8-17(13-29-22)27-11-15-9-26-28(21(15)12-27)10-14-3-1-2-4-14/h5-7,9,14,17,20,22H,1-4,8,10-13,25H2/t17-,20+,22?/m1/s1. The summed E-state index contributed by atoms with van der Waals surface area (Å²) in [6.07, 6.45) is 7.38. The van der Waals surface area contributed by atoms with Crippen molar-refractivity contribution >= 4 is 0 Å². The van der Waals surface area contributed by atoms with Crippen molar-refractivity contribution in [3.8, 4) is 0 Å². The maximum atomic E-state index is 14.2. The van der Waals surface area contributed by atoms with Crippen molar-refractivity contribution in [2.45, 2.75) is 69.9 Å². The minimum Gasteiger partial charge on any atom is -0.370 e. The molecule has 0 spiro atoms. The van der Waals surface area contributed by atoms with Gasteiger partial charge in [-0.2, -0.15) is 5.10 Å². The van der Waals surface area contributed by atoms with Gasteiger partial charge < -0.3 is 10.5 Å². The lowest BCUT2D eigenvalue weighted by Gasteiger charge is -2.38. The van der Waals surface area contributed by atoms with Crippen molar-refractivity contribution < 1.29 is 13.5 Å². The van der Waals surface area contributed by atoms with Crippen molar-refractivity contribution in [3.63, 3.8) is 0 Å². The summed E-state index contributed by atoms with van der Waals surface area (Å²) in [5, 5.41) is 4.62. The molecule has 0 radical (unpaired) electrons. The number of aromatic nitrogens is 2. The highest BCUT2D eigenvalue weighted by Gasteiger charge is 2.37. The average Bonchev–Trinajstić information content (AvgIpc) is 3.43. The van der Waals surface area contributed by atoms with Crippen molar-refractivity contribution in [2.24, 2.45) is 11.7 Å². The minimum absolute atomic E-state index is 0.171. The number of rotatable bonds is 4. The van der Waals surface area contributed by atoms with Gasteiger partial charge in [-0.15, -0.1) is 0 Å². The summed E-state index contributed by atoms with van der Waals surface area (Å²) in [6, 6.07) is 3.25. The summed E-state index contributed by atoms with van der Waals surface area (Å²) in [5.74, 6) is -0.187. The fraction of sp³-hybridized carbons (Fsp3) is 0.591. The Bertz CT molecular complexity index is 880. The Morgan fingerprint density at radius 2 is 2.00 bits per heavy atom. The van der Waals surface area contributed by atoms with Crippen LogP contribution in [0.5, 0.6) is 0 Å². The van der Waals surface area contributed by atoms with Crippen LogP contribution in [0.15, 0.2) is 24.4 Å². The van der Waals surface area contributed by atoms with Crippen LogP contribution in [-0.4, -0.2) is 33.4 Å². The topological polar surface area (TPSA) is 56.3 Å². The summed E-state index contributed by atoms with van der Waals surface area (Å²) in [4.78, 5) is 2.38. The highest BCUT2D eigenvalue weighted by atomic mass is 19.1. The van der Waals surface area contributed by atoms with E-state index in [0.717, 1.165) is 37.7 Å². The number of hydrogen-bond donors (Lipinski definition) is 1. The molecule has 156 valence electrons. The number of ether oxygens (including phenoxy) is 1. The molecule has 1 aromatic carbocycles. The zero-order valence-electron chi connectivity index (χ0n) is 16.6. The largest absolute Gasteiger partial charge is 0.370 e. The van der Waals surface area contributed by atoms with Crippen LogP contribution in [0.2, 0.25) is 0 Å². The van der Waals surface area contributed by atoms with E-state index in [0.29, 0.717) is 13.0 Å². The van der Waals surface area contributed by atoms with Crippen LogP contribution in [0.4, 0.5) is 8.78 Å². The molecule has 1 saturated carbocycles. The highest BCUT2D eigenvalue weighted by molar-refractivity contribution is 5.25. The maximum absolute atomic E-state index is 14.2. The Kier molecular flexibility index (Phi) is 5.14. The molecular formula is C22H28F2N4O. The molecule has 3 atom stereocenters. The van der Waals surface area contributed by atoms with Crippen LogP contribution in [0.25, 0.3) is 0 Å². The monoisotopic (exact) mass is 402 g/mol. The molecule has 5 rings (SSSR count). The zero-order chi connectivity index (χ0) is 20.0. The molecule has 2 aliphatic heterocycles. The Balaban J connectivity index is 1.24. The van der Waals surface area contributed by atoms with E-state index in [9.17, 15) is 8.78 Å². The van der Waals surface area contributed by atoms with Gasteiger partial charge >= 0.3 is 0 Å². The summed E-state index contributed by atoms with van der Waals surface area (Å²) in [7, 11) is 0. The Hall–Kier alpha value is -1.83. The van der Waals surface area contributed by atoms with E-state index < -0.39 is 17.7 Å². The van der Waals surface area contributed by atoms with Crippen molar-refractivity contribution in [3.05, 3.63) is 52.9 Å². The van der Waals surface area contributed by atoms with E-state index in [-0.39, 0.29) is 17.6 Å². The molecule has 0 bridgehead atoms. The molecule has 5 nitrogen and oxygen atoms in total. The SMILES string of the molecule is N[C@H]1C[C@@H](N2Cc3cnn(CC4CCCC4)c3C2)COC1c1cc(F)ccc1F. The van der Waals surface area contributed by atoms with E-state index >= 15 is 0 Å². The molecule has 3 heterocycles. The molecule has 1 aliphatic carbocycles. The van der Waals surface area contributed by atoms with Gasteiger partial charge in [0.1, 0.15) is 17.7 Å². The van der Waals surface area contributed by atoms with Gasteiger partial charge in [0, 0.05) is 42.8 Å². The zero-order valence-corrected chi connectivity index (χ0v) is 16.6. The van der Waals surface area contributed by atoms with Crippen LogP contribution < -0.4 is 5.73 Å². The normalized spacial score (nSPS) is 28.2. The van der Waals surface area contributed by atoms with Gasteiger partial charge in [0.15, 0.2) is 0 Å². The number of fused-ring (bicyclic) bond motifs is 1. The molecule has 3 aliphatic rings. The van der Waals surface area contributed by atoms with E-state index in [1.807, 2.05) is 6.20 Å². The first kappa shape index (κ1) is 19.2. The van der Waals surface area contributed by atoms with E-state index in [1.54, 1.807) is 0 Å². The lowest BCUT2D eigenvalue weighted by Crippen LogP contribution is -2.47. The average molecular weight is 402 g/mol. The molecular weight excluding hydrogens is 374 g/mol. The number of hydrogen-bond acceptors (Lipinski definition) is 4. The quantitative estimate of drug-likeness (QED) is 0.850. The highest BCUT2D eigenvalue weighted by Crippen LogP contribution is 2.35. The first-order chi connectivity index (χ1) is 14.1.